The van der Waals surface area contributed by atoms with E-state index in [1.807, 2.05) is 43.3 Å². The van der Waals surface area contributed by atoms with Crippen molar-refractivity contribution in [3.63, 3.8) is 0 Å². The quantitative estimate of drug-likeness (QED) is 0.459. The molecule has 0 bridgehead atoms. The van der Waals surface area contributed by atoms with Crippen molar-refractivity contribution in [1.82, 2.24) is 9.97 Å². The fraction of sp³-hybridized carbons (Fsp3) is 0.261. The van der Waals surface area contributed by atoms with Gasteiger partial charge in [-0.3, -0.25) is 9.59 Å². The van der Waals surface area contributed by atoms with Gasteiger partial charge in [-0.2, -0.15) is 0 Å². The molecule has 0 radical (unpaired) electrons. The number of rotatable bonds is 6. The van der Waals surface area contributed by atoms with Gasteiger partial charge in [0.05, 0.1) is 5.56 Å². The highest BCUT2D eigenvalue weighted by Crippen LogP contribution is 2.35. The van der Waals surface area contributed by atoms with Crippen LogP contribution in [-0.4, -0.2) is 21.6 Å². The molecule has 2 heterocycles. The summed E-state index contributed by atoms with van der Waals surface area (Å²) in [5.74, 6) is 1.40. The monoisotopic (exact) mass is 421 g/mol. The Bertz CT molecular complexity index is 1130. The van der Waals surface area contributed by atoms with Gasteiger partial charge in [0, 0.05) is 12.3 Å². The molecule has 154 valence electrons. The van der Waals surface area contributed by atoms with E-state index in [1.165, 1.54) is 17.3 Å². The third-order valence-corrected chi connectivity index (χ3v) is 5.74. The summed E-state index contributed by atoms with van der Waals surface area (Å²) >= 11 is 1.43. The minimum absolute atomic E-state index is 0.141. The van der Waals surface area contributed by atoms with E-state index in [0.29, 0.717) is 23.1 Å². The van der Waals surface area contributed by atoms with E-state index in [2.05, 4.69) is 34.3 Å². The van der Waals surface area contributed by atoms with Crippen LogP contribution in [0.3, 0.4) is 0 Å². The van der Waals surface area contributed by atoms with Gasteiger partial charge >= 0.3 is 0 Å². The van der Waals surface area contributed by atoms with Gasteiger partial charge in [-0.1, -0.05) is 60.6 Å². The third-order valence-electron chi connectivity index (χ3n) is 4.98. The molecular formula is C23H23N3O3S. The summed E-state index contributed by atoms with van der Waals surface area (Å²) in [6.07, 6.45) is 0.210. The van der Waals surface area contributed by atoms with Crippen molar-refractivity contribution in [3.05, 3.63) is 81.1 Å². The Hall–Kier alpha value is -3.06. The van der Waals surface area contributed by atoms with Crippen molar-refractivity contribution >= 4 is 23.5 Å². The van der Waals surface area contributed by atoms with Crippen LogP contribution in [0, 0.1) is 6.92 Å². The number of carbonyl (C=O) groups is 1. The number of benzene rings is 2. The number of anilines is 1. The highest BCUT2D eigenvalue weighted by Gasteiger charge is 2.30. The van der Waals surface area contributed by atoms with E-state index in [4.69, 9.17) is 4.74 Å². The van der Waals surface area contributed by atoms with E-state index in [9.17, 15) is 9.59 Å². The fourth-order valence-electron chi connectivity index (χ4n) is 3.61. The number of thioether (sulfide) groups is 1. The first kappa shape index (κ1) is 20.2. The maximum absolute atomic E-state index is 12.7. The molecule has 0 saturated heterocycles. The summed E-state index contributed by atoms with van der Waals surface area (Å²) in [6, 6.07) is 15.8. The van der Waals surface area contributed by atoms with Gasteiger partial charge in [-0.05, 0) is 35.9 Å². The second-order valence-corrected chi connectivity index (χ2v) is 8.47. The zero-order valence-corrected chi connectivity index (χ0v) is 17.7. The molecule has 0 spiro atoms. The van der Waals surface area contributed by atoms with Crippen LogP contribution in [0.5, 0.6) is 5.75 Å². The van der Waals surface area contributed by atoms with Gasteiger partial charge in [0.15, 0.2) is 5.16 Å². The zero-order valence-electron chi connectivity index (χ0n) is 16.9. The lowest BCUT2D eigenvalue weighted by molar-refractivity contribution is -0.116. The van der Waals surface area contributed by atoms with E-state index < -0.39 is 0 Å². The average Bonchev–Trinajstić information content (AvgIpc) is 2.72. The lowest BCUT2D eigenvalue weighted by Gasteiger charge is -2.24. The van der Waals surface area contributed by atoms with Crippen LogP contribution in [0.4, 0.5) is 5.82 Å². The van der Waals surface area contributed by atoms with Crippen molar-refractivity contribution in [2.45, 2.75) is 37.9 Å². The normalized spacial score (nSPS) is 15.4. The van der Waals surface area contributed by atoms with Gasteiger partial charge in [-0.25, -0.2) is 4.98 Å². The van der Waals surface area contributed by atoms with Crippen LogP contribution in [-0.2, 0) is 11.4 Å². The summed E-state index contributed by atoms with van der Waals surface area (Å²) in [5, 5.41) is 3.26. The van der Waals surface area contributed by atoms with Crippen LogP contribution in [0.2, 0.25) is 0 Å². The van der Waals surface area contributed by atoms with Crippen molar-refractivity contribution in [1.29, 1.82) is 0 Å². The van der Waals surface area contributed by atoms with Crippen molar-refractivity contribution in [3.8, 4) is 5.75 Å². The molecule has 3 aromatic rings. The summed E-state index contributed by atoms with van der Waals surface area (Å²) in [5.41, 5.74) is 3.48. The largest absolute Gasteiger partial charge is 0.489 e. The number of H-pyrrole nitrogens is 1. The lowest BCUT2D eigenvalue weighted by atomic mass is 9.87. The molecule has 30 heavy (non-hydrogen) atoms. The molecule has 1 amide bonds. The highest BCUT2D eigenvalue weighted by molar-refractivity contribution is 7.99. The Labute approximate surface area is 179 Å². The number of amides is 1. The SMILES string of the molecule is CCSc1nc2c(c(=O)[nH]1)C(c1ccc(OCc3cccc(C)c3)cc1)CC(=O)N2. The van der Waals surface area contributed by atoms with Gasteiger partial charge < -0.3 is 15.0 Å². The number of hydrogen-bond acceptors (Lipinski definition) is 5. The van der Waals surface area contributed by atoms with Crippen LogP contribution in [0.15, 0.2) is 58.5 Å². The van der Waals surface area contributed by atoms with E-state index >= 15 is 0 Å². The number of aryl methyl sites for hydroxylation is 1. The topological polar surface area (TPSA) is 84.1 Å². The van der Waals surface area contributed by atoms with E-state index in [-0.39, 0.29) is 23.8 Å². The summed E-state index contributed by atoms with van der Waals surface area (Å²) < 4.78 is 5.88. The van der Waals surface area contributed by atoms with Crippen molar-refractivity contribution in [2.24, 2.45) is 0 Å². The Morgan fingerprint density at radius 1 is 1.17 bits per heavy atom. The van der Waals surface area contributed by atoms with Crippen molar-refractivity contribution in [2.75, 3.05) is 11.1 Å². The molecule has 6 nitrogen and oxygen atoms in total. The van der Waals surface area contributed by atoms with Crippen LogP contribution >= 0.6 is 11.8 Å². The maximum Gasteiger partial charge on any atom is 0.257 e. The zero-order chi connectivity index (χ0) is 21.1. The summed E-state index contributed by atoms with van der Waals surface area (Å²) in [4.78, 5) is 32.2. The minimum Gasteiger partial charge on any atom is -0.489 e. The smallest absolute Gasteiger partial charge is 0.257 e. The number of nitrogens with zero attached hydrogens (tertiary/aromatic N) is 1. The van der Waals surface area contributed by atoms with E-state index in [1.54, 1.807) is 0 Å². The van der Waals surface area contributed by atoms with Gasteiger partial charge in [-0.15, -0.1) is 0 Å². The summed E-state index contributed by atoms with van der Waals surface area (Å²) in [6.45, 7) is 4.52. The molecule has 0 fully saturated rings. The first-order valence-corrected chi connectivity index (χ1v) is 10.9. The predicted octanol–water partition coefficient (Wildman–Crippen LogP) is 4.24. The molecule has 1 aromatic heterocycles. The number of aromatic nitrogens is 2. The minimum atomic E-state index is -0.337. The number of fused-ring (bicyclic) bond motifs is 1. The second kappa shape index (κ2) is 8.75. The van der Waals surface area contributed by atoms with E-state index in [0.717, 1.165) is 22.6 Å². The molecule has 2 aromatic carbocycles. The van der Waals surface area contributed by atoms with Gasteiger partial charge in [0.25, 0.3) is 5.56 Å². The van der Waals surface area contributed by atoms with Crippen molar-refractivity contribution < 1.29 is 9.53 Å². The molecule has 4 rings (SSSR count). The maximum atomic E-state index is 12.7. The number of nitrogens with one attached hydrogen (secondary N) is 2. The summed E-state index contributed by atoms with van der Waals surface area (Å²) in [7, 11) is 0. The fourth-order valence-corrected chi connectivity index (χ4v) is 4.20. The molecule has 1 aliphatic heterocycles. The highest BCUT2D eigenvalue weighted by atomic mass is 32.2. The molecule has 1 aliphatic rings. The molecule has 2 N–H and O–H groups in total. The standard InChI is InChI=1S/C23H23N3O3S/c1-3-30-23-25-21-20(22(28)26-23)18(12-19(27)24-21)16-7-9-17(10-8-16)29-13-15-6-4-5-14(2)11-15/h4-11,18H,3,12-13H2,1-2H3,(H2,24,25,26,27,28). The molecule has 0 aliphatic carbocycles. The molecule has 1 unspecified atom stereocenters. The third kappa shape index (κ3) is 4.41. The molecule has 1 atom stereocenters. The predicted molar refractivity (Wildman–Crippen MR) is 118 cm³/mol. The average molecular weight is 422 g/mol. The Morgan fingerprint density at radius 2 is 1.97 bits per heavy atom. The first-order chi connectivity index (χ1) is 14.5. The van der Waals surface area contributed by atoms with Gasteiger partial charge in [0.2, 0.25) is 5.91 Å². The van der Waals surface area contributed by atoms with Gasteiger partial charge in [0.1, 0.15) is 18.2 Å². The Kier molecular flexibility index (Phi) is 5.90. The molecule has 7 heteroatoms. The molecule has 0 saturated carbocycles. The lowest BCUT2D eigenvalue weighted by Crippen LogP contribution is -2.31. The Balaban J connectivity index is 1.56. The Morgan fingerprint density at radius 3 is 2.70 bits per heavy atom. The second-order valence-electron chi connectivity index (χ2n) is 7.22. The van der Waals surface area contributed by atoms with Crippen LogP contribution in [0.1, 0.15) is 41.5 Å². The molecular weight excluding hydrogens is 398 g/mol. The van der Waals surface area contributed by atoms with Crippen LogP contribution in [0.25, 0.3) is 0 Å². The number of aromatic amines is 1. The number of hydrogen-bond donors (Lipinski definition) is 2. The van der Waals surface area contributed by atoms with Crippen LogP contribution < -0.4 is 15.6 Å². The number of ether oxygens (including phenoxy) is 1. The number of carbonyl (C=O) groups excluding carboxylic acids is 1. The first-order valence-electron chi connectivity index (χ1n) is 9.88.